The molecule has 0 bridgehead atoms. The fourth-order valence-electron chi connectivity index (χ4n) is 2.35. The Kier molecular flexibility index (Phi) is 7.19. The van der Waals surface area contributed by atoms with Crippen LogP contribution in [-0.2, 0) is 11.2 Å². The van der Waals surface area contributed by atoms with E-state index in [1.54, 1.807) is 18.2 Å². The minimum absolute atomic E-state index is 0.116. The molecule has 0 aliphatic rings. The van der Waals surface area contributed by atoms with Gasteiger partial charge in [0.1, 0.15) is 5.75 Å². The van der Waals surface area contributed by atoms with Crippen molar-refractivity contribution in [2.45, 2.75) is 26.2 Å². The summed E-state index contributed by atoms with van der Waals surface area (Å²) in [6.45, 7) is 4.76. The lowest BCUT2D eigenvalue weighted by molar-refractivity contribution is -0.123. The van der Waals surface area contributed by atoms with Crippen LogP contribution in [0.15, 0.2) is 46.9 Å². The van der Waals surface area contributed by atoms with Gasteiger partial charge >= 0.3 is 0 Å². The van der Waals surface area contributed by atoms with Crippen molar-refractivity contribution in [1.82, 2.24) is 5.32 Å². The van der Waals surface area contributed by atoms with E-state index in [0.29, 0.717) is 30.1 Å². The first-order valence-corrected chi connectivity index (χ1v) is 9.02. The van der Waals surface area contributed by atoms with Gasteiger partial charge in [-0.1, -0.05) is 54.0 Å². The molecule has 0 aliphatic heterocycles. The van der Waals surface area contributed by atoms with Gasteiger partial charge in [-0.25, -0.2) is 0 Å². The van der Waals surface area contributed by atoms with Gasteiger partial charge in [-0.15, -0.1) is 0 Å². The molecule has 2 aromatic rings. The minimum atomic E-state index is -0.210. The number of hydrogen-bond acceptors (Lipinski definition) is 3. The van der Waals surface area contributed by atoms with Crippen molar-refractivity contribution in [3.8, 4) is 5.75 Å². The molecule has 1 N–H and O–H groups in total. The standard InChI is InChI=1S/C20H22BrNO3/c1-14(2)16-5-3-15(4-6-16)9-10-22-20(24)13-25-19-8-7-18(21)11-17(19)12-23/h3-8,11-12,14H,9-10,13H2,1-2H3,(H,22,24). The van der Waals surface area contributed by atoms with Gasteiger partial charge < -0.3 is 10.1 Å². The minimum Gasteiger partial charge on any atom is -0.483 e. The molecule has 0 saturated heterocycles. The molecule has 1 amide bonds. The summed E-state index contributed by atoms with van der Waals surface area (Å²) in [6, 6.07) is 13.5. The molecule has 0 saturated carbocycles. The van der Waals surface area contributed by atoms with E-state index >= 15 is 0 Å². The van der Waals surface area contributed by atoms with Gasteiger partial charge in [0.15, 0.2) is 12.9 Å². The summed E-state index contributed by atoms with van der Waals surface area (Å²) in [4.78, 5) is 22.9. The highest BCUT2D eigenvalue weighted by atomic mass is 79.9. The molecule has 2 rings (SSSR count). The lowest BCUT2D eigenvalue weighted by Gasteiger charge is -2.10. The largest absolute Gasteiger partial charge is 0.483 e. The van der Waals surface area contributed by atoms with E-state index < -0.39 is 0 Å². The van der Waals surface area contributed by atoms with Crippen molar-refractivity contribution in [1.29, 1.82) is 0 Å². The van der Waals surface area contributed by atoms with Crippen LogP contribution in [0.2, 0.25) is 0 Å². The molecule has 0 aromatic heterocycles. The zero-order valence-corrected chi connectivity index (χ0v) is 16.0. The molecule has 0 heterocycles. The maximum absolute atomic E-state index is 11.9. The van der Waals surface area contributed by atoms with Crippen molar-refractivity contribution in [2.75, 3.05) is 13.2 Å². The Morgan fingerprint density at radius 1 is 1.20 bits per heavy atom. The first kappa shape index (κ1) is 19.2. The molecule has 0 aliphatic carbocycles. The number of aldehydes is 1. The van der Waals surface area contributed by atoms with Gasteiger partial charge in [-0.2, -0.15) is 0 Å². The number of benzene rings is 2. The molecule has 0 atom stereocenters. The van der Waals surface area contributed by atoms with Gasteiger partial charge in [0.25, 0.3) is 5.91 Å². The van der Waals surface area contributed by atoms with Crippen molar-refractivity contribution in [2.24, 2.45) is 0 Å². The Labute approximate surface area is 156 Å². The summed E-state index contributed by atoms with van der Waals surface area (Å²) < 4.78 is 6.21. The second kappa shape index (κ2) is 9.37. The number of carbonyl (C=O) groups is 2. The number of rotatable bonds is 8. The third kappa shape index (κ3) is 6.02. The van der Waals surface area contributed by atoms with E-state index in [-0.39, 0.29) is 12.5 Å². The van der Waals surface area contributed by atoms with Gasteiger partial charge in [-0.05, 0) is 41.7 Å². The van der Waals surface area contributed by atoms with Crippen LogP contribution in [0.3, 0.4) is 0 Å². The Hall–Kier alpha value is -2.14. The van der Waals surface area contributed by atoms with Crippen LogP contribution in [0.5, 0.6) is 5.75 Å². The van der Waals surface area contributed by atoms with E-state index in [1.807, 2.05) is 0 Å². The molecule has 0 fully saturated rings. The van der Waals surface area contributed by atoms with Crippen molar-refractivity contribution >= 4 is 28.1 Å². The van der Waals surface area contributed by atoms with E-state index in [0.717, 1.165) is 10.9 Å². The predicted molar refractivity (Wildman–Crippen MR) is 102 cm³/mol. The number of nitrogens with one attached hydrogen (secondary N) is 1. The normalized spacial score (nSPS) is 10.6. The van der Waals surface area contributed by atoms with Gasteiger partial charge in [-0.3, -0.25) is 9.59 Å². The topological polar surface area (TPSA) is 55.4 Å². The SMILES string of the molecule is CC(C)c1ccc(CCNC(=O)COc2ccc(Br)cc2C=O)cc1. The number of carbonyl (C=O) groups excluding carboxylic acids is 2. The number of halogens is 1. The highest BCUT2D eigenvalue weighted by Crippen LogP contribution is 2.21. The van der Waals surface area contributed by atoms with E-state index in [2.05, 4.69) is 59.4 Å². The van der Waals surface area contributed by atoms with Crippen molar-refractivity contribution < 1.29 is 14.3 Å². The van der Waals surface area contributed by atoms with Crippen molar-refractivity contribution in [3.05, 3.63) is 63.6 Å². The predicted octanol–water partition coefficient (Wildman–Crippen LogP) is 4.12. The van der Waals surface area contributed by atoms with Crippen molar-refractivity contribution in [3.63, 3.8) is 0 Å². The average Bonchev–Trinajstić information content (AvgIpc) is 2.61. The Bertz CT molecular complexity index is 726. The first-order chi connectivity index (χ1) is 12.0. The van der Waals surface area contributed by atoms with E-state index in [9.17, 15) is 9.59 Å². The molecular weight excluding hydrogens is 382 g/mol. The second-order valence-electron chi connectivity index (χ2n) is 6.08. The van der Waals surface area contributed by atoms with Crippen LogP contribution in [0.1, 0.15) is 41.3 Å². The first-order valence-electron chi connectivity index (χ1n) is 8.22. The van der Waals surface area contributed by atoms with Gasteiger partial charge in [0.05, 0.1) is 5.56 Å². The van der Waals surface area contributed by atoms with E-state index in [4.69, 9.17) is 4.74 Å². The molecular formula is C20H22BrNO3. The van der Waals surface area contributed by atoms with Gasteiger partial charge in [0, 0.05) is 11.0 Å². The lowest BCUT2D eigenvalue weighted by atomic mass is 10.0. The Morgan fingerprint density at radius 3 is 2.56 bits per heavy atom. The molecule has 2 aromatic carbocycles. The van der Waals surface area contributed by atoms with Crippen LogP contribution < -0.4 is 10.1 Å². The van der Waals surface area contributed by atoms with Crippen LogP contribution in [-0.4, -0.2) is 25.3 Å². The third-order valence-electron chi connectivity index (χ3n) is 3.84. The number of amides is 1. The molecule has 0 radical (unpaired) electrons. The zero-order valence-electron chi connectivity index (χ0n) is 14.4. The summed E-state index contributed by atoms with van der Waals surface area (Å²) in [5, 5.41) is 2.83. The number of ether oxygens (including phenoxy) is 1. The monoisotopic (exact) mass is 403 g/mol. The molecule has 4 nitrogen and oxygen atoms in total. The van der Waals surface area contributed by atoms with E-state index in [1.165, 1.54) is 11.1 Å². The summed E-state index contributed by atoms with van der Waals surface area (Å²) >= 11 is 3.29. The zero-order chi connectivity index (χ0) is 18.2. The average molecular weight is 404 g/mol. The maximum atomic E-state index is 11.9. The molecule has 132 valence electrons. The summed E-state index contributed by atoms with van der Waals surface area (Å²) in [7, 11) is 0. The van der Waals surface area contributed by atoms with Crippen LogP contribution in [0, 0.1) is 0 Å². The van der Waals surface area contributed by atoms with Crippen LogP contribution in [0.25, 0.3) is 0 Å². The Balaban J connectivity index is 1.76. The summed E-state index contributed by atoms with van der Waals surface area (Å²) in [6.07, 6.45) is 1.47. The van der Waals surface area contributed by atoms with Gasteiger partial charge in [0.2, 0.25) is 0 Å². The Morgan fingerprint density at radius 2 is 1.92 bits per heavy atom. The number of hydrogen-bond donors (Lipinski definition) is 1. The maximum Gasteiger partial charge on any atom is 0.257 e. The fourth-order valence-corrected chi connectivity index (χ4v) is 2.73. The highest BCUT2D eigenvalue weighted by molar-refractivity contribution is 9.10. The fraction of sp³-hybridized carbons (Fsp3) is 0.300. The molecule has 0 unspecified atom stereocenters. The summed E-state index contributed by atoms with van der Waals surface area (Å²) in [5.41, 5.74) is 2.90. The molecule has 0 spiro atoms. The van der Waals surface area contributed by atoms with Crippen LogP contribution in [0.4, 0.5) is 0 Å². The molecule has 25 heavy (non-hydrogen) atoms. The van der Waals surface area contributed by atoms with Crippen LogP contribution >= 0.6 is 15.9 Å². The lowest BCUT2D eigenvalue weighted by Crippen LogP contribution is -2.30. The second-order valence-corrected chi connectivity index (χ2v) is 7.00. The smallest absolute Gasteiger partial charge is 0.257 e. The highest BCUT2D eigenvalue weighted by Gasteiger charge is 2.07. The quantitative estimate of drug-likeness (QED) is 0.674. The summed E-state index contributed by atoms with van der Waals surface area (Å²) in [5.74, 6) is 0.706. The third-order valence-corrected chi connectivity index (χ3v) is 4.33. The molecule has 5 heteroatoms.